The van der Waals surface area contributed by atoms with Gasteiger partial charge in [-0.3, -0.25) is 9.69 Å². The fraction of sp³-hybridized carbons (Fsp3) is 0.381. The minimum atomic E-state index is -3.03. The molecular weight excluding hydrogens is 392 g/mol. The van der Waals surface area contributed by atoms with Gasteiger partial charge >= 0.3 is 0 Å². The van der Waals surface area contributed by atoms with Gasteiger partial charge < -0.3 is 14.8 Å². The van der Waals surface area contributed by atoms with Gasteiger partial charge in [0.15, 0.2) is 9.84 Å². The van der Waals surface area contributed by atoms with Crippen molar-refractivity contribution in [1.82, 2.24) is 4.90 Å². The standard InChI is InChI=1S/C21H26N2O5S/c1-27-13-14-28-19-9-7-18(8-10-19)22-21(24)20(17-5-3-2-4-6-17)23-11-15-29(25,26)16-12-23/h2-10,20H,11-16H2,1H3,(H,22,24). The summed E-state index contributed by atoms with van der Waals surface area (Å²) in [5.41, 5.74) is 1.49. The van der Waals surface area contributed by atoms with E-state index in [1.54, 1.807) is 31.4 Å². The third-order valence-corrected chi connectivity index (χ3v) is 6.40. The lowest BCUT2D eigenvalue weighted by atomic mass is 10.0. The lowest BCUT2D eigenvalue weighted by Gasteiger charge is -2.33. The van der Waals surface area contributed by atoms with Gasteiger partial charge in [0.1, 0.15) is 18.4 Å². The van der Waals surface area contributed by atoms with Crippen molar-refractivity contribution in [2.75, 3.05) is 50.2 Å². The highest BCUT2D eigenvalue weighted by Gasteiger charge is 2.32. The Hall–Kier alpha value is -2.42. The molecule has 7 nitrogen and oxygen atoms in total. The van der Waals surface area contributed by atoms with E-state index in [-0.39, 0.29) is 17.4 Å². The maximum Gasteiger partial charge on any atom is 0.246 e. The Morgan fingerprint density at radius 1 is 1.03 bits per heavy atom. The molecule has 1 heterocycles. The van der Waals surface area contributed by atoms with E-state index in [4.69, 9.17) is 9.47 Å². The second kappa shape index (κ2) is 9.87. The third kappa shape index (κ3) is 6.03. The molecule has 29 heavy (non-hydrogen) atoms. The van der Waals surface area contributed by atoms with Crippen molar-refractivity contribution in [2.24, 2.45) is 0 Å². The lowest BCUT2D eigenvalue weighted by molar-refractivity contribution is -0.121. The summed E-state index contributed by atoms with van der Waals surface area (Å²) in [5.74, 6) is 0.637. The van der Waals surface area contributed by atoms with Crippen LogP contribution in [-0.2, 0) is 19.4 Å². The maximum atomic E-state index is 13.1. The number of methoxy groups -OCH3 is 1. The van der Waals surface area contributed by atoms with Crippen LogP contribution in [0.25, 0.3) is 0 Å². The molecule has 2 aromatic carbocycles. The van der Waals surface area contributed by atoms with E-state index >= 15 is 0 Å². The number of hydrogen-bond acceptors (Lipinski definition) is 6. The van der Waals surface area contributed by atoms with E-state index in [1.165, 1.54) is 0 Å². The van der Waals surface area contributed by atoms with Crippen LogP contribution in [0, 0.1) is 0 Å². The predicted molar refractivity (Wildman–Crippen MR) is 112 cm³/mol. The van der Waals surface area contributed by atoms with Crippen LogP contribution in [0.5, 0.6) is 5.75 Å². The Bertz CT molecular complexity index is 886. The topological polar surface area (TPSA) is 84.9 Å². The molecule has 1 aliphatic rings. The number of benzene rings is 2. The van der Waals surface area contributed by atoms with Gasteiger partial charge in [-0.15, -0.1) is 0 Å². The lowest BCUT2D eigenvalue weighted by Crippen LogP contribution is -2.46. The van der Waals surface area contributed by atoms with E-state index in [1.807, 2.05) is 35.2 Å². The zero-order valence-corrected chi connectivity index (χ0v) is 17.2. The fourth-order valence-corrected chi connectivity index (χ4v) is 4.47. The maximum absolute atomic E-state index is 13.1. The van der Waals surface area contributed by atoms with Crippen LogP contribution in [0.15, 0.2) is 54.6 Å². The molecule has 1 fully saturated rings. The highest BCUT2D eigenvalue weighted by molar-refractivity contribution is 7.91. The van der Waals surface area contributed by atoms with E-state index in [0.29, 0.717) is 37.7 Å². The van der Waals surface area contributed by atoms with E-state index in [0.717, 1.165) is 5.56 Å². The Labute approximate surface area is 171 Å². The Morgan fingerprint density at radius 2 is 1.69 bits per heavy atom. The van der Waals surface area contributed by atoms with Crippen molar-refractivity contribution >= 4 is 21.4 Å². The summed E-state index contributed by atoms with van der Waals surface area (Å²) in [6.07, 6.45) is 0. The molecule has 1 unspecified atom stereocenters. The first kappa shape index (κ1) is 21.3. The Morgan fingerprint density at radius 3 is 2.31 bits per heavy atom. The van der Waals surface area contributed by atoms with Gasteiger partial charge in [0.05, 0.1) is 18.1 Å². The number of amides is 1. The number of nitrogens with zero attached hydrogens (tertiary/aromatic N) is 1. The van der Waals surface area contributed by atoms with Gasteiger partial charge in [-0.1, -0.05) is 30.3 Å². The third-order valence-electron chi connectivity index (χ3n) is 4.79. The van der Waals surface area contributed by atoms with Crippen LogP contribution in [0.3, 0.4) is 0 Å². The molecule has 3 rings (SSSR count). The molecule has 0 aromatic heterocycles. The van der Waals surface area contributed by atoms with Crippen molar-refractivity contribution in [3.05, 3.63) is 60.2 Å². The van der Waals surface area contributed by atoms with Gasteiger partial charge in [0, 0.05) is 25.9 Å². The van der Waals surface area contributed by atoms with Crippen molar-refractivity contribution in [3.8, 4) is 5.75 Å². The molecule has 156 valence electrons. The van der Waals surface area contributed by atoms with E-state index in [2.05, 4.69) is 5.32 Å². The summed E-state index contributed by atoms with van der Waals surface area (Å²) in [4.78, 5) is 15.0. The molecule has 0 radical (unpaired) electrons. The van der Waals surface area contributed by atoms with E-state index < -0.39 is 15.9 Å². The second-order valence-corrected chi connectivity index (χ2v) is 9.16. The molecule has 1 aliphatic heterocycles. The summed E-state index contributed by atoms with van der Waals surface area (Å²) >= 11 is 0. The molecular formula is C21H26N2O5S. The number of ether oxygens (including phenoxy) is 2. The van der Waals surface area contributed by atoms with Crippen LogP contribution in [-0.4, -0.2) is 64.1 Å². The van der Waals surface area contributed by atoms with Gasteiger partial charge in [0.25, 0.3) is 0 Å². The minimum Gasteiger partial charge on any atom is -0.491 e. The van der Waals surface area contributed by atoms with Crippen LogP contribution >= 0.6 is 0 Å². The molecule has 8 heteroatoms. The van der Waals surface area contributed by atoms with Crippen LogP contribution in [0.1, 0.15) is 11.6 Å². The van der Waals surface area contributed by atoms with Crippen molar-refractivity contribution < 1.29 is 22.7 Å². The number of rotatable bonds is 8. The summed E-state index contributed by atoms with van der Waals surface area (Å²) in [7, 11) is -1.41. The zero-order valence-electron chi connectivity index (χ0n) is 16.4. The van der Waals surface area contributed by atoms with Crippen LogP contribution in [0.2, 0.25) is 0 Å². The summed E-state index contributed by atoms with van der Waals surface area (Å²) in [6.45, 7) is 1.63. The summed E-state index contributed by atoms with van der Waals surface area (Å²) in [5, 5.41) is 2.94. The quantitative estimate of drug-likeness (QED) is 0.661. The summed E-state index contributed by atoms with van der Waals surface area (Å²) in [6, 6.07) is 16.0. The van der Waals surface area contributed by atoms with Crippen molar-refractivity contribution in [1.29, 1.82) is 0 Å². The highest BCUT2D eigenvalue weighted by atomic mass is 32.2. The van der Waals surface area contributed by atoms with Crippen LogP contribution in [0.4, 0.5) is 5.69 Å². The number of carbonyl (C=O) groups excluding carboxylic acids is 1. The largest absolute Gasteiger partial charge is 0.491 e. The molecule has 2 aromatic rings. The molecule has 1 amide bonds. The first-order valence-corrected chi connectivity index (χ1v) is 11.3. The van der Waals surface area contributed by atoms with Crippen molar-refractivity contribution in [2.45, 2.75) is 6.04 Å². The fourth-order valence-electron chi connectivity index (χ4n) is 3.24. The molecule has 1 atom stereocenters. The number of hydrogen-bond donors (Lipinski definition) is 1. The first-order valence-electron chi connectivity index (χ1n) is 9.50. The molecule has 1 N–H and O–H groups in total. The molecule has 0 bridgehead atoms. The highest BCUT2D eigenvalue weighted by Crippen LogP contribution is 2.25. The number of sulfone groups is 1. The smallest absolute Gasteiger partial charge is 0.246 e. The van der Waals surface area contributed by atoms with Crippen molar-refractivity contribution in [3.63, 3.8) is 0 Å². The average Bonchev–Trinajstić information content (AvgIpc) is 2.72. The monoisotopic (exact) mass is 418 g/mol. The zero-order chi connectivity index (χ0) is 20.7. The number of anilines is 1. The molecule has 0 aliphatic carbocycles. The molecule has 0 saturated carbocycles. The predicted octanol–water partition coefficient (Wildman–Crippen LogP) is 2.12. The Balaban J connectivity index is 1.71. The van der Waals surface area contributed by atoms with Crippen LogP contribution < -0.4 is 10.1 Å². The normalized spacial score (nSPS) is 17.4. The van der Waals surface area contributed by atoms with Gasteiger partial charge in [-0.2, -0.15) is 0 Å². The van der Waals surface area contributed by atoms with E-state index in [9.17, 15) is 13.2 Å². The average molecular weight is 419 g/mol. The minimum absolute atomic E-state index is 0.0666. The number of nitrogens with one attached hydrogen (secondary N) is 1. The second-order valence-electron chi connectivity index (χ2n) is 6.86. The number of carbonyl (C=O) groups is 1. The van der Waals surface area contributed by atoms with Gasteiger partial charge in [-0.25, -0.2) is 8.42 Å². The first-order chi connectivity index (χ1) is 14.0. The SMILES string of the molecule is COCCOc1ccc(NC(=O)C(c2ccccc2)N2CCS(=O)(=O)CC2)cc1. The molecule has 1 saturated heterocycles. The van der Waals surface area contributed by atoms with Gasteiger partial charge in [0.2, 0.25) is 5.91 Å². The summed E-state index contributed by atoms with van der Waals surface area (Å²) < 4.78 is 34.1. The van der Waals surface area contributed by atoms with Gasteiger partial charge in [-0.05, 0) is 29.8 Å². The molecule has 0 spiro atoms. The Kier molecular flexibility index (Phi) is 7.24.